The first-order valence-corrected chi connectivity index (χ1v) is 10.4. The summed E-state index contributed by atoms with van der Waals surface area (Å²) in [5, 5.41) is 1.32. The number of nitrogens with zero attached hydrogens (tertiary/aromatic N) is 2. The van der Waals surface area contributed by atoms with Crippen LogP contribution < -0.4 is 10.3 Å². The third-order valence-corrected chi connectivity index (χ3v) is 6.16. The molecule has 1 aromatic heterocycles. The molecule has 0 saturated heterocycles. The minimum atomic E-state index is -0.0524. The van der Waals surface area contributed by atoms with Gasteiger partial charge in [0.25, 0.3) is 5.56 Å². The summed E-state index contributed by atoms with van der Waals surface area (Å²) in [6, 6.07) is 14.9. The van der Waals surface area contributed by atoms with Crippen LogP contribution in [-0.2, 0) is 0 Å². The first-order chi connectivity index (χ1) is 12.1. The lowest BCUT2D eigenvalue weighted by atomic mass is 10.2. The molecule has 130 valence electrons. The highest BCUT2D eigenvalue weighted by Crippen LogP contribution is 2.32. The smallest absolute Gasteiger partial charge is 0.266 e. The Morgan fingerprint density at radius 1 is 1.12 bits per heavy atom. The summed E-state index contributed by atoms with van der Waals surface area (Å²) in [6.45, 7) is 4.36. The zero-order chi connectivity index (χ0) is 17.8. The molecule has 0 aliphatic heterocycles. The van der Waals surface area contributed by atoms with E-state index in [0.717, 1.165) is 22.7 Å². The van der Waals surface area contributed by atoms with Gasteiger partial charge in [0.1, 0.15) is 5.75 Å². The fourth-order valence-corrected chi connectivity index (χ4v) is 4.87. The van der Waals surface area contributed by atoms with Gasteiger partial charge in [-0.2, -0.15) is 0 Å². The summed E-state index contributed by atoms with van der Waals surface area (Å²) >= 11 is 0. The Morgan fingerprint density at radius 3 is 2.52 bits per heavy atom. The number of hydrogen-bond acceptors (Lipinski definition) is 5. The quantitative estimate of drug-likeness (QED) is 0.460. The van der Waals surface area contributed by atoms with Crippen molar-refractivity contribution >= 4 is 32.5 Å². The van der Waals surface area contributed by atoms with Crippen LogP contribution in [-0.4, -0.2) is 22.4 Å². The molecule has 0 atom stereocenters. The van der Waals surface area contributed by atoms with Gasteiger partial charge in [0.2, 0.25) is 0 Å². The highest BCUT2D eigenvalue weighted by molar-refractivity contribution is 8.76. The van der Waals surface area contributed by atoms with Gasteiger partial charge in [-0.1, -0.05) is 36.8 Å². The number of aromatic nitrogens is 2. The van der Waals surface area contributed by atoms with E-state index in [4.69, 9.17) is 9.72 Å². The maximum absolute atomic E-state index is 13.1. The van der Waals surface area contributed by atoms with Crippen LogP contribution in [0.25, 0.3) is 16.6 Å². The van der Waals surface area contributed by atoms with Crippen molar-refractivity contribution in [3.05, 3.63) is 58.9 Å². The first kappa shape index (κ1) is 17.9. The van der Waals surface area contributed by atoms with Gasteiger partial charge in [-0.05, 0) is 53.1 Å². The lowest BCUT2D eigenvalue weighted by molar-refractivity contribution is 0.414. The van der Waals surface area contributed by atoms with Crippen molar-refractivity contribution in [2.24, 2.45) is 5.92 Å². The molecule has 25 heavy (non-hydrogen) atoms. The van der Waals surface area contributed by atoms with E-state index in [1.54, 1.807) is 33.3 Å². The number of ether oxygens (including phenoxy) is 1. The van der Waals surface area contributed by atoms with Crippen molar-refractivity contribution < 1.29 is 4.74 Å². The molecular weight excluding hydrogens is 352 g/mol. The van der Waals surface area contributed by atoms with E-state index < -0.39 is 0 Å². The van der Waals surface area contributed by atoms with E-state index in [1.165, 1.54) is 0 Å². The molecule has 2 aromatic carbocycles. The molecule has 0 unspecified atom stereocenters. The molecule has 0 bridgehead atoms. The predicted molar refractivity (Wildman–Crippen MR) is 107 cm³/mol. The summed E-state index contributed by atoms with van der Waals surface area (Å²) in [4.78, 5) is 17.8. The highest BCUT2D eigenvalue weighted by atomic mass is 33.1. The van der Waals surface area contributed by atoms with Crippen molar-refractivity contribution in [3.63, 3.8) is 0 Å². The van der Waals surface area contributed by atoms with Crippen molar-refractivity contribution in [1.29, 1.82) is 0 Å². The lowest BCUT2D eigenvalue weighted by Crippen LogP contribution is -2.21. The average Bonchev–Trinajstić information content (AvgIpc) is 2.62. The topological polar surface area (TPSA) is 44.1 Å². The second-order valence-corrected chi connectivity index (χ2v) is 8.32. The lowest BCUT2D eigenvalue weighted by Gasteiger charge is -2.13. The summed E-state index contributed by atoms with van der Waals surface area (Å²) < 4.78 is 6.89. The molecule has 6 heteroatoms. The van der Waals surface area contributed by atoms with Crippen LogP contribution in [0.4, 0.5) is 0 Å². The Hall–Kier alpha value is -1.92. The second-order valence-electron chi connectivity index (χ2n) is 6.01. The standard InChI is InChI=1S/C19H20N2O2S2/c1-13(2)12-24-25-19-20-17-7-5-4-6-16(17)18(22)21(19)14-8-10-15(23-3)11-9-14/h4-11,13H,12H2,1-3H3. The van der Waals surface area contributed by atoms with Crippen LogP contribution in [0.3, 0.4) is 0 Å². The van der Waals surface area contributed by atoms with Crippen LogP contribution in [0.1, 0.15) is 13.8 Å². The van der Waals surface area contributed by atoms with Crippen LogP contribution in [0.2, 0.25) is 0 Å². The van der Waals surface area contributed by atoms with Gasteiger partial charge in [-0.25, -0.2) is 4.98 Å². The van der Waals surface area contributed by atoms with Crippen LogP contribution in [0, 0.1) is 5.92 Å². The summed E-state index contributed by atoms with van der Waals surface area (Å²) in [6.07, 6.45) is 0. The van der Waals surface area contributed by atoms with E-state index in [0.29, 0.717) is 16.5 Å². The van der Waals surface area contributed by atoms with E-state index in [9.17, 15) is 4.79 Å². The Balaban J connectivity index is 2.11. The third-order valence-electron chi connectivity index (χ3n) is 3.61. The van der Waals surface area contributed by atoms with Crippen LogP contribution in [0.15, 0.2) is 58.5 Å². The minimum absolute atomic E-state index is 0.0524. The number of rotatable bonds is 6. The second kappa shape index (κ2) is 7.97. The van der Waals surface area contributed by atoms with E-state index in [2.05, 4.69) is 13.8 Å². The molecule has 0 amide bonds. The summed E-state index contributed by atoms with van der Waals surface area (Å²) in [7, 11) is 4.89. The van der Waals surface area contributed by atoms with Crippen molar-refractivity contribution in [3.8, 4) is 11.4 Å². The number of fused-ring (bicyclic) bond motifs is 1. The van der Waals surface area contributed by atoms with Gasteiger partial charge in [0.05, 0.1) is 23.7 Å². The van der Waals surface area contributed by atoms with E-state index >= 15 is 0 Å². The van der Waals surface area contributed by atoms with Crippen molar-refractivity contribution in [2.75, 3.05) is 12.9 Å². The van der Waals surface area contributed by atoms with Gasteiger partial charge in [0, 0.05) is 5.75 Å². The monoisotopic (exact) mass is 372 g/mol. The number of methoxy groups -OCH3 is 1. The highest BCUT2D eigenvalue weighted by Gasteiger charge is 2.14. The predicted octanol–water partition coefficient (Wildman–Crippen LogP) is 4.79. The Morgan fingerprint density at radius 2 is 1.84 bits per heavy atom. The molecule has 0 radical (unpaired) electrons. The molecule has 1 heterocycles. The van der Waals surface area contributed by atoms with Gasteiger partial charge < -0.3 is 4.74 Å². The van der Waals surface area contributed by atoms with Gasteiger partial charge in [-0.3, -0.25) is 9.36 Å². The largest absolute Gasteiger partial charge is 0.497 e. The molecular formula is C19H20N2O2S2. The van der Waals surface area contributed by atoms with Crippen molar-refractivity contribution in [1.82, 2.24) is 9.55 Å². The van der Waals surface area contributed by atoms with E-state index in [1.807, 2.05) is 48.5 Å². The number of benzene rings is 2. The minimum Gasteiger partial charge on any atom is -0.497 e. The average molecular weight is 373 g/mol. The SMILES string of the molecule is COc1ccc(-n2c(SSCC(C)C)nc3ccccc3c2=O)cc1. The maximum Gasteiger partial charge on any atom is 0.266 e. The Kier molecular flexibility index (Phi) is 5.71. The fourth-order valence-electron chi connectivity index (χ4n) is 2.35. The fraction of sp³-hybridized carbons (Fsp3) is 0.263. The van der Waals surface area contributed by atoms with Crippen LogP contribution >= 0.6 is 21.6 Å². The van der Waals surface area contributed by atoms with Gasteiger partial charge >= 0.3 is 0 Å². The molecule has 0 N–H and O–H groups in total. The van der Waals surface area contributed by atoms with Crippen molar-refractivity contribution in [2.45, 2.75) is 19.0 Å². The Labute approximate surface area is 155 Å². The zero-order valence-electron chi connectivity index (χ0n) is 14.4. The normalized spacial score (nSPS) is 11.2. The maximum atomic E-state index is 13.1. The zero-order valence-corrected chi connectivity index (χ0v) is 16.1. The summed E-state index contributed by atoms with van der Waals surface area (Å²) in [5.74, 6) is 2.34. The van der Waals surface area contributed by atoms with Crippen LogP contribution in [0.5, 0.6) is 5.75 Å². The van der Waals surface area contributed by atoms with Gasteiger partial charge in [-0.15, -0.1) is 0 Å². The molecule has 0 fully saturated rings. The molecule has 0 saturated carbocycles. The number of hydrogen-bond donors (Lipinski definition) is 0. The molecule has 0 spiro atoms. The number of para-hydroxylation sites is 1. The summed E-state index contributed by atoms with van der Waals surface area (Å²) in [5.41, 5.74) is 1.46. The molecule has 4 nitrogen and oxygen atoms in total. The van der Waals surface area contributed by atoms with E-state index in [-0.39, 0.29) is 5.56 Å². The molecule has 0 aliphatic carbocycles. The molecule has 3 aromatic rings. The molecule has 3 rings (SSSR count). The first-order valence-electron chi connectivity index (χ1n) is 8.06. The Bertz CT molecular complexity index is 921. The third kappa shape index (κ3) is 4.02. The molecule has 0 aliphatic rings. The van der Waals surface area contributed by atoms with Gasteiger partial charge in [0.15, 0.2) is 5.16 Å².